The van der Waals surface area contributed by atoms with E-state index in [1.54, 1.807) is 0 Å². The minimum Gasteiger partial charge on any atom is -0.281 e. The Labute approximate surface area is 531 Å². The maximum absolute atomic E-state index is 12.5. The fourth-order valence-electron chi connectivity index (χ4n) is 9.40. The normalized spacial score (nSPS) is 29.9. The molecule has 0 spiro atoms. The number of hydrogen-bond donors (Lipinski definition) is 12. The second-order valence-corrected chi connectivity index (χ2v) is 31.1. The summed E-state index contributed by atoms with van der Waals surface area (Å²) in [6, 6.07) is -7.16. The highest BCUT2D eigenvalue weighted by atomic mass is 32.3. The number of benzene rings is 1. The van der Waals surface area contributed by atoms with Crippen molar-refractivity contribution in [3.63, 3.8) is 0 Å². The first kappa shape index (κ1) is 81.2. The van der Waals surface area contributed by atoms with Gasteiger partial charge < -0.3 is 0 Å². The smallest absolute Gasteiger partial charge is 0.281 e. The molecule has 16 atom stereocenters. The van der Waals surface area contributed by atoms with Crippen LogP contribution in [-0.4, -0.2) is 263 Å². The van der Waals surface area contributed by atoms with Crippen molar-refractivity contribution in [2.24, 2.45) is 0 Å². The molecule has 0 saturated carbocycles. The zero-order chi connectivity index (χ0) is 71.9. The molecule has 0 unspecified atom stereocenters. The van der Waals surface area contributed by atoms with Gasteiger partial charge >= 0.3 is 125 Å². The molecule has 0 bridgehead atoms. The van der Waals surface area contributed by atoms with Crippen molar-refractivity contribution in [1.82, 2.24) is 9.80 Å². The van der Waals surface area contributed by atoms with E-state index in [-0.39, 0.29) is 0 Å². The molecule has 0 aliphatic heterocycles. The van der Waals surface area contributed by atoms with E-state index in [1.807, 2.05) is 0 Å². The van der Waals surface area contributed by atoms with Crippen molar-refractivity contribution in [2.45, 2.75) is 111 Å². The lowest BCUT2D eigenvalue weighted by Crippen LogP contribution is -2.63. The minimum absolute atomic E-state index is 0.313. The summed E-state index contributed by atoms with van der Waals surface area (Å²) >= 11 is 0. The summed E-state index contributed by atoms with van der Waals surface area (Å²) < 4.78 is 464. The van der Waals surface area contributed by atoms with Crippen LogP contribution in [0.3, 0.4) is 0 Å². The van der Waals surface area contributed by atoms with Crippen LogP contribution in [0.15, 0.2) is 72.9 Å². The Morgan fingerprint density at radius 2 is 0.362 bits per heavy atom. The van der Waals surface area contributed by atoms with E-state index >= 15 is 0 Å². The predicted molar refractivity (Wildman–Crippen MR) is 286 cm³/mol. The summed E-state index contributed by atoms with van der Waals surface area (Å²) in [5, 5.41) is 0. The van der Waals surface area contributed by atoms with Crippen LogP contribution in [-0.2, 0) is 188 Å². The molecule has 0 aromatic heterocycles. The molecule has 0 heterocycles. The van der Waals surface area contributed by atoms with Crippen molar-refractivity contribution < 1.29 is 206 Å². The van der Waals surface area contributed by atoms with Crippen molar-refractivity contribution in [3.05, 3.63) is 84.0 Å². The molecule has 50 nitrogen and oxygen atoms in total. The van der Waals surface area contributed by atoms with Crippen LogP contribution in [0.2, 0.25) is 0 Å². The Balaban J connectivity index is 1.88. The van der Waals surface area contributed by atoms with Crippen molar-refractivity contribution in [3.8, 4) is 0 Å². The zero-order valence-electron chi connectivity index (χ0n) is 44.4. The zero-order valence-corrected chi connectivity index (χ0v) is 54.2. The van der Waals surface area contributed by atoms with Crippen molar-refractivity contribution in [1.29, 1.82) is 0 Å². The van der Waals surface area contributed by atoms with Crippen LogP contribution in [0.25, 0.3) is 0 Å². The van der Waals surface area contributed by atoms with Gasteiger partial charge in [-0.3, -0.25) is 64.4 Å². The first-order valence-corrected chi connectivity index (χ1v) is 39.6. The summed E-state index contributed by atoms with van der Waals surface area (Å²) in [5.41, 5.74) is -1.01. The van der Waals surface area contributed by atoms with Crippen LogP contribution in [0, 0.1) is 0 Å². The van der Waals surface area contributed by atoms with Gasteiger partial charge in [0.15, 0.2) is 0 Å². The Bertz CT molecular complexity index is 3970. The lowest BCUT2D eigenvalue weighted by atomic mass is 9.87. The highest BCUT2D eigenvalue weighted by Crippen LogP contribution is 2.39. The highest BCUT2D eigenvalue weighted by molar-refractivity contribution is 7.83. The average Bonchev–Trinajstić information content (AvgIpc) is 0.762. The largest absolute Gasteiger partial charge is 0.398 e. The first-order valence-electron chi connectivity index (χ1n) is 23.2. The number of rotatable bonds is 32. The van der Waals surface area contributed by atoms with Gasteiger partial charge in [-0.1, -0.05) is 72.9 Å². The van der Waals surface area contributed by atoms with Crippen molar-refractivity contribution in [2.75, 3.05) is 0 Å². The minimum atomic E-state index is -6.21. The molecular formula is C32H44N2O48S12. The third-order valence-electron chi connectivity index (χ3n) is 12.0. The van der Waals surface area contributed by atoms with Gasteiger partial charge in [0, 0.05) is 13.1 Å². The molecule has 12 N–H and O–H groups in total. The van der Waals surface area contributed by atoms with Crippen LogP contribution in [0.4, 0.5) is 0 Å². The molecule has 542 valence electrons. The monoisotopic (exact) mass is 1610 g/mol. The molecule has 5 rings (SSSR count). The molecule has 0 amide bonds. The van der Waals surface area contributed by atoms with Crippen LogP contribution in [0.1, 0.15) is 11.1 Å². The topological polar surface area (TPSA) is 770 Å². The standard InChI is InChI=1S/C32H44N2O48S12/c35-83(36,37)71-21-9-5-17(25(75-87(47,48)49)29(21)79-91(59,60)61)33(18-6-10-22(72-84(38,39)40)30(80-92(62,63)64)26(18)76-88(50,51)52)13-15-1-2-16(4-3-15)14-34(19-7-11-23(73-85(41,42)43)31(81-93(65,66)67)27(19)77-89(53,54)55)20-8-12-24(74-86(44,45)46)32(82-94(68,69)70)28(20)78-90(56,57)58/h1-12,17-32H,13-14H2,(H,35,36,37)(H,38,39,40)(H,41,42,43)(H,44,45,46)(H,47,48,49)(H,50,51,52)(H,53,54,55)(H,56,57,58)(H,59,60,61)(H,62,63,64)(H,65,66,67)(H,68,69,70)/t17-,18-,19-,20-,21+,22+,23+,24+,25+,26+,27+,28+,29+,30+,31+,32+/m0/s1. The molecular weight excluding hydrogens is 1570 g/mol. The van der Waals surface area contributed by atoms with Gasteiger partial charge in [-0.15, -0.1) is 0 Å². The third kappa shape index (κ3) is 27.0. The number of nitrogens with zero attached hydrogens (tertiary/aromatic N) is 2. The molecule has 0 saturated heterocycles. The molecule has 1 aromatic carbocycles. The Morgan fingerprint density at radius 1 is 0.223 bits per heavy atom. The average molecular weight is 1610 g/mol. The summed E-state index contributed by atoms with van der Waals surface area (Å²) in [5.74, 6) is 0. The van der Waals surface area contributed by atoms with Gasteiger partial charge in [-0.05, 0) is 11.1 Å². The van der Waals surface area contributed by atoms with Gasteiger partial charge in [0.25, 0.3) is 0 Å². The fraction of sp³-hybridized carbons (Fsp3) is 0.562. The third-order valence-corrected chi connectivity index (χ3v) is 17.6. The van der Waals surface area contributed by atoms with E-state index in [1.165, 1.54) is 0 Å². The summed E-state index contributed by atoms with van der Waals surface area (Å²) in [7, 11) is -72.9. The predicted octanol–water partition coefficient (Wildman–Crippen LogP) is -6.70. The summed E-state index contributed by atoms with van der Waals surface area (Å²) in [4.78, 5) is 0.812. The molecule has 62 heteroatoms. The molecule has 4 aliphatic rings. The van der Waals surface area contributed by atoms with Crippen LogP contribution >= 0.6 is 0 Å². The van der Waals surface area contributed by atoms with Crippen LogP contribution in [0.5, 0.6) is 0 Å². The summed E-state index contributed by atoms with van der Waals surface area (Å²) in [6.07, 6.45) is -32.9. The molecule has 94 heavy (non-hydrogen) atoms. The molecule has 0 fully saturated rings. The maximum Gasteiger partial charge on any atom is 0.398 e. The van der Waals surface area contributed by atoms with Crippen LogP contribution < -0.4 is 0 Å². The van der Waals surface area contributed by atoms with Gasteiger partial charge in [-0.2, -0.15) is 101 Å². The Hall–Kier alpha value is -3.46. The van der Waals surface area contributed by atoms with Gasteiger partial charge in [0.05, 0.1) is 24.2 Å². The fourth-order valence-corrected chi connectivity index (χ4v) is 15.2. The second-order valence-electron chi connectivity index (χ2n) is 18.5. The van der Waals surface area contributed by atoms with Gasteiger partial charge in [0.1, 0.15) is 73.2 Å². The molecule has 4 aliphatic carbocycles. The van der Waals surface area contributed by atoms with E-state index in [9.17, 15) is 156 Å². The number of hydrogen-bond acceptors (Lipinski definition) is 38. The lowest BCUT2D eigenvalue weighted by molar-refractivity contribution is -0.0847. The quantitative estimate of drug-likeness (QED) is 0.0236. The summed E-state index contributed by atoms with van der Waals surface area (Å²) in [6.45, 7) is -2.59. The first-order chi connectivity index (χ1) is 42.0. The SMILES string of the molecule is O=S(=O)(O)O[C@H]1[C@H](OS(=O)(=O)O)[C@@H](N(Cc2ccc(CN([C@H]3C=C[C@@H](OS(=O)(=O)O)[C@@H](OS(=O)(=O)O)[C@@H]3OS(=O)(=O)O)[C@H]3C=C[C@@H](OS(=O)(=O)O)[C@@H](OS(=O)(=O)O)[C@@H]3OS(=O)(=O)O)cc2)[C@H]2C=C[C@@H](OS(=O)(=O)O)[C@@H](OS(=O)(=O)O)[C@@H]2OS(=O)(=O)O)C=C[C@H]1OS(=O)(=O)O. The molecule has 0 radical (unpaired) electrons. The van der Waals surface area contributed by atoms with E-state index in [0.29, 0.717) is 58.4 Å². The van der Waals surface area contributed by atoms with E-state index in [0.717, 1.165) is 24.3 Å². The Kier molecular flexibility index (Phi) is 25.4. The second kappa shape index (κ2) is 29.4. The Morgan fingerprint density at radius 3 is 0.500 bits per heavy atom. The van der Waals surface area contributed by atoms with E-state index < -0.39 is 246 Å². The maximum atomic E-state index is 12.5. The van der Waals surface area contributed by atoms with Gasteiger partial charge in [0.2, 0.25) is 0 Å². The molecule has 1 aromatic rings. The van der Waals surface area contributed by atoms with E-state index in [2.05, 4.69) is 50.2 Å². The van der Waals surface area contributed by atoms with E-state index in [4.69, 9.17) is 0 Å². The highest BCUT2D eigenvalue weighted by Gasteiger charge is 2.56. The van der Waals surface area contributed by atoms with Gasteiger partial charge in [-0.25, -0.2) is 50.2 Å². The lowest BCUT2D eigenvalue weighted by Gasteiger charge is -2.47. The van der Waals surface area contributed by atoms with Crippen molar-refractivity contribution >= 4 is 125 Å².